The van der Waals surface area contributed by atoms with Crippen LogP contribution >= 0.6 is 11.3 Å². The number of fused-ring (bicyclic) bond motifs is 1. The predicted octanol–water partition coefficient (Wildman–Crippen LogP) is 1.55. The van der Waals surface area contributed by atoms with Gasteiger partial charge in [0.05, 0.1) is 21.7 Å². The molecule has 33 heavy (non-hydrogen) atoms. The van der Waals surface area contributed by atoms with Crippen LogP contribution in [0.15, 0.2) is 23.2 Å². The Labute approximate surface area is 194 Å². The minimum Gasteiger partial charge on any atom is -0.383 e. The van der Waals surface area contributed by atoms with Crippen molar-refractivity contribution in [1.29, 1.82) is 0 Å². The summed E-state index contributed by atoms with van der Waals surface area (Å²) in [7, 11) is -2.50. The van der Waals surface area contributed by atoms with E-state index in [1.54, 1.807) is 10.6 Å². The van der Waals surface area contributed by atoms with Crippen molar-refractivity contribution in [3.8, 4) is 0 Å². The highest BCUT2D eigenvalue weighted by molar-refractivity contribution is 7.92. The number of carbonyl (C=O) groups is 2. The molecule has 0 radical (unpaired) electrons. The van der Waals surface area contributed by atoms with E-state index < -0.39 is 38.1 Å². The zero-order valence-corrected chi connectivity index (χ0v) is 19.8. The van der Waals surface area contributed by atoms with Crippen molar-refractivity contribution in [1.82, 2.24) is 9.88 Å². The summed E-state index contributed by atoms with van der Waals surface area (Å²) in [6.45, 7) is 0.612. The molecule has 1 aromatic carbocycles. The molecule has 1 heterocycles. The van der Waals surface area contributed by atoms with Gasteiger partial charge in [0.1, 0.15) is 11.5 Å². The molecule has 0 saturated heterocycles. The Balaban J connectivity index is 1.77. The van der Waals surface area contributed by atoms with Crippen molar-refractivity contribution in [3.05, 3.63) is 33.1 Å². The minimum atomic E-state index is -4.00. The van der Waals surface area contributed by atoms with Crippen LogP contribution in [-0.2, 0) is 30.7 Å². The molecule has 13 heteroatoms. The number of rotatable bonds is 9. The van der Waals surface area contributed by atoms with Crippen LogP contribution in [0, 0.1) is 10.1 Å². The lowest BCUT2D eigenvalue weighted by Gasteiger charge is -2.22. The standard InChI is InChI=1S/C20H26N4O7S2/c1-31-10-9-23-16-8-7-15(24(27)28)11-17(16)32-20(23)22-19(26)13-33(29,30)12-18(25)21-14-5-3-2-4-6-14/h7-8,11,14H,2-6,9-10,12-13H2,1H3,(H,21,25). The summed E-state index contributed by atoms with van der Waals surface area (Å²) in [5.74, 6) is -3.19. The van der Waals surface area contributed by atoms with Gasteiger partial charge in [0.25, 0.3) is 11.6 Å². The highest BCUT2D eigenvalue weighted by Gasteiger charge is 2.23. The summed E-state index contributed by atoms with van der Waals surface area (Å²) in [4.78, 5) is 39.3. The van der Waals surface area contributed by atoms with E-state index >= 15 is 0 Å². The number of carbonyl (C=O) groups excluding carboxylic acids is 2. The Morgan fingerprint density at radius 1 is 1.27 bits per heavy atom. The highest BCUT2D eigenvalue weighted by Crippen LogP contribution is 2.23. The zero-order chi connectivity index (χ0) is 24.0. The molecule has 1 aromatic heterocycles. The summed E-state index contributed by atoms with van der Waals surface area (Å²) in [5, 5.41) is 13.8. The number of thiazole rings is 1. The van der Waals surface area contributed by atoms with Crippen molar-refractivity contribution >= 4 is 48.9 Å². The summed E-state index contributed by atoms with van der Waals surface area (Å²) in [6, 6.07) is 4.25. The second-order valence-corrected chi connectivity index (χ2v) is 11.0. The van der Waals surface area contributed by atoms with Crippen LogP contribution in [0.1, 0.15) is 32.1 Å². The molecule has 11 nitrogen and oxygen atoms in total. The number of amides is 2. The number of ether oxygens (including phenoxy) is 1. The van der Waals surface area contributed by atoms with Gasteiger partial charge in [0, 0.05) is 31.8 Å². The molecule has 1 fully saturated rings. The van der Waals surface area contributed by atoms with Gasteiger partial charge in [0.2, 0.25) is 5.91 Å². The number of nitrogens with zero attached hydrogens (tertiary/aromatic N) is 3. The van der Waals surface area contributed by atoms with Gasteiger partial charge in [-0.2, -0.15) is 4.99 Å². The molecule has 3 rings (SSSR count). The van der Waals surface area contributed by atoms with Gasteiger partial charge in [-0.25, -0.2) is 8.42 Å². The SMILES string of the molecule is COCCn1c(=NC(=O)CS(=O)(=O)CC(=O)NC2CCCCC2)sc2cc([N+](=O)[O-])ccc21. The molecule has 0 unspecified atom stereocenters. The van der Waals surface area contributed by atoms with Crippen LogP contribution in [0.2, 0.25) is 0 Å². The van der Waals surface area contributed by atoms with Crippen LogP contribution in [0.3, 0.4) is 0 Å². The van der Waals surface area contributed by atoms with E-state index in [4.69, 9.17) is 4.74 Å². The molecule has 180 valence electrons. The first-order valence-corrected chi connectivity index (χ1v) is 13.2. The van der Waals surface area contributed by atoms with Gasteiger partial charge in [-0.15, -0.1) is 0 Å². The number of nitro groups is 1. The van der Waals surface area contributed by atoms with E-state index in [2.05, 4.69) is 10.3 Å². The van der Waals surface area contributed by atoms with Crippen LogP contribution < -0.4 is 10.1 Å². The topological polar surface area (TPSA) is 150 Å². The number of hydrogen-bond donors (Lipinski definition) is 1. The van der Waals surface area contributed by atoms with E-state index in [-0.39, 0.29) is 16.5 Å². The van der Waals surface area contributed by atoms with E-state index in [1.807, 2.05) is 0 Å². The van der Waals surface area contributed by atoms with Crippen molar-refractivity contribution in [2.75, 3.05) is 25.2 Å². The van der Waals surface area contributed by atoms with Crippen molar-refractivity contribution in [2.24, 2.45) is 4.99 Å². The average molecular weight is 499 g/mol. The third-order valence-corrected chi connectivity index (χ3v) is 7.71. The fraction of sp³-hybridized carbons (Fsp3) is 0.550. The molecule has 0 atom stereocenters. The quantitative estimate of drug-likeness (QED) is 0.407. The van der Waals surface area contributed by atoms with Crippen molar-refractivity contribution in [2.45, 2.75) is 44.7 Å². The summed E-state index contributed by atoms with van der Waals surface area (Å²) in [5.41, 5.74) is 0.510. The summed E-state index contributed by atoms with van der Waals surface area (Å²) < 4.78 is 32.0. The van der Waals surface area contributed by atoms with Crippen LogP contribution in [-0.4, -0.2) is 61.0 Å². The van der Waals surface area contributed by atoms with Crippen LogP contribution in [0.4, 0.5) is 5.69 Å². The number of methoxy groups -OCH3 is 1. The Hall–Kier alpha value is -2.64. The smallest absolute Gasteiger partial charge is 0.270 e. The lowest BCUT2D eigenvalue weighted by atomic mass is 9.95. The van der Waals surface area contributed by atoms with Gasteiger partial charge in [-0.05, 0) is 18.9 Å². The molecule has 1 saturated carbocycles. The molecule has 2 aromatic rings. The Morgan fingerprint density at radius 2 is 2.00 bits per heavy atom. The molecule has 0 aliphatic heterocycles. The van der Waals surface area contributed by atoms with Crippen molar-refractivity contribution < 1.29 is 27.7 Å². The molecule has 1 N–H and O–H groups in total. The largest absolute Gasteiger partial charge is 0.383 e. The van der Waals surface area contributed by atoms with Gasteiger partial charge < -0.3 is 14.6 Å². The molecule has 1 aliphatic rings. The number of nitrogens with one attached hydrogen (secondary N) is 1. The number of sulfone groups is 1. The number of aromatic nitrogens is 1. The summed E-state index contributed by atoms with van der Waals surface area (Å²) in [6.07, 6.45) is 4.75. The number of hydrogen-bond acceptors (Lipinski definition) is 8. The van der Waals surface area contributed by atoms with Gasteiger partial charge in [0.15, 0.2) is 14.6 Å². The highest BCUT2D eigenvalue weighted by atomic mass is 32.2. The second kappa shape index (κ2) is 11.0. The number of benzene rings is 1. The first kappa shape index (κ1) is 25.0. The molecule has 2 amide bonds. The average Bonchev–Trinajstić information content (AvgIpc) is 3.07. The molecule has 0 bridgehead atoms. The normalized spacial score (nSPS) is 15.6. The lowest BCUT2D eigenvalue weighted by Crippen LogP contribution is -2.40. The molecular formula is C20H26N4O7S2. The first-order chi connectivity index (χ1) is 15.7. The van der Waals surface area contributed by atoms with E-state index in [0.717, 1.165) is 43.4 Å². The van der Waals surface area contributed by atoms with E-state index in [1.165, 1.54) is 19.2 Å². The minimum absolute atomic E-state index is 0.0239. The van der Waals surface area contributed by atoms with Gasteiger partial charge in [-0.1, -0.05) is 30.6 Å². The molecule has 1 aliphatic carbocycles. The number of nitro benzene ring substituents is 1. The fourth-order valence-corrected chi connectivity index (χ4v) is 5.89. The van der Waals surface area contributed by atoms with Crippen LogP contribution in [0.25, 0.3) is 10.2 Å². The lowest BCUT2D eigenvalue weighted by molar-refractivity contribution is -0.384. The Morgan fingerprint density at radius 3 is 2.67 bits per heavy atom. The third kappa shape index (κ3) is 6.92. The maximum absolute atomic E-state index is 12.5. The predicted molar refractivity (Wildman–Crippen MR) is 123 cm³/mol. The zero-order valence-electron chi connectivity index (χ0n) is 18.2. The second-order valence-electron chi connectivity index (χ2n) is 7.88. The third-order valence-electron chi connectivity index (χ3n) is 5.28. The van der Waals surface area contributed by atoms with E-state index in [9.17, 15) is 28.1 Å². The fourth-order valence-electron chi connectivity index (χ4n) is 3.75. The molecule has 0 spiro atoms. The van der Waals surface area contributed by atoms with Gasteiger partial charge in [-0.3, -0.25) is 19.7 Å². The maximum atomic E-state index is 12.5. The maximum Gasteiger partial charge on any atom is 0.270 e. The first-order valence-electron chi connectivity index (χ1n) is 10.5. The van der Waals surface area contributed by atoms with Crippen molar-refractivity contribution in [3.63, 3.8) is 0 Å². The van der Waals surface area contributed by atoms with Gasteiger partial charge >= 0.3 is 0 Å². The Bertz CT molecular complexity index is 1210. The number of non-ortho nitro benzene ring substituents is 1. The Kier molecular flexibility index (Phi) is 8.32. The molecular weight excluding hydrogens is 472 g/mol. The van der Waals surface area contributed by atoms with E-state index in [0.29, 0.717) is 23.4 Å². The summed E-state index contributed by atoms with van der Waals surface area (Å²) >= 11 is 1.04. The monoisotopic (exact) mass is 498 g/mol. The van der Waals surface area contributed by atoms with Crippen LogP contribution in [0.5, 0.6) is 0 Å².